The Hall–Kier alpha value is -2.14. The molecule has 0 amide bonds. The second-order valence-corrected chi connectivity index (χ2v) is 6.56. The summed E-state index contributed by atoms with van der Waals surface area (Å²) < 4.78 is 1.84. The van der Waals surface area contributed by atoms with Crippen LogP contribution in [0, 0.1) is 0 Å². The minimum Gasteiger partial charge on any atom is -0.351 e. The van der Waals surface area contributed by atoms with Gasteiger partial charge in [-0.3, -0.25) is 9.67 Å². The third-order valence-electron chi connectivity index (χ3n) is 4.78. The monoisotopic (exact) mass is 309 g/mol. The minimum absolute atomic E-state index is 0.0594. The molecule has 5 heteroatoms. The van der Waals surface area contributed by atoms with Crippen molar-refractivity contribution in [2.24, 2.45) is 17.8 Å². The number of rotatable bonds is 4. The zero-order valence-electron chi connectivity index (χ0n) is 13.7. The van der Waals surface area contributed by atoms with Crippen molar-refractivity contribution in [3.63, 3.8) is 0 Å². The lowest BCUT2D eigenvalue weighted by Crippen LogP contribution is -2.51. The van der Waals surface area contributed by atoms with Crippen molar-refractivity contribution in [3.05, 3.63) is 41.2 Å². The molecule has 1 saturated carbocycles. The highest BCUT2D eigenvalue weighted by Crippen LogP contribution is 2.31. The molecule has 2 aliphatic rings. The van der Waals surface area contributed by atoms with Crippen LogP contribution in [0.25, 0.3) is 17.3 Å². The van der Waals surface area contributed by atoms with Crippen LogP contribution in [0.4, 0.5) is 0 Å². The summed E-state index contributed by atoms with van der Waals surface area (Å²) >= 11 is 0. The van der Waals surface area contributed by atoms with Crippen molar-refractivity contribution in [1.82, 2.24) is 14.7 Å². The van der Waals surface area contributed by atoms with E-state index in [1.807, 2.05) is 17.9 Å². The Kier molecular flexibility index (Phi) is 3.45. The van der Waals surface area contributed by atoms with Crippen molar-refractivity contribution >= 4 is 6.20 Å². The smallest absolute Gasteiger partial charge is 0.136 e. The minimum atomic E-state index is 0.0594. The van der Waals surface area contributed by atoms with Crippen LogP contribution in [0.5, 0.6) is 0 Å². The maximum atomic E-state index is 6.34. The van der Waals surface area contributed by atoms with E-state index >= 15 is 0 Å². The third-order valence-corrected chi connectivity index (χ3v) is 4.78. The first-order valence-corrected chi connectivity index (χ1v) is 8.38. The van der Waals surface area contributed by atoms with Crippen molar-refractivity contribution in [2.45, 2.75) is 44.4 Å². The van der Waals surface area contributed by atoms with Gasteiger partial charge in [-0.15, -0.1) is 0 Å². The van der Waals surface area contributed by atoms with Crippen LogP contribution >= 0.6 is 0 Å². The standard InChI is InChI=1S/C18H23N5/c1-3-16(19)18-21-17-6-4-5-14(12-9-20-22(2)10-12)15(17)11-23(18)13-7-8-13/h4-6,9-11,13,16,18H,3,7-8,19H2,1-2H3/t16?,18-/m1/s1. The predicted octanol–water partition coefficient (Wildman–Crippen LogP) is 0.986. The van der Waals surface area contributed by atoms with Gasteiger partial charge in [-0.1, -0.05) is 19.1 Å². The third kappa shape index (κ3) is 2.55. The van der Waals surface area contributed by atoms with E-state index in [9.17, 15) is 0 Å². The average molecular weight is 309 g/mol. The molecule has 0 radical (unpaired) electrons. The number of aromatic nitrogens is 2. The maximum absolute atomic E-state index is 6.34. The Balaban J connectivity index is 1.88. The lowest BCUT2D eigenvalue weighted by molar-refractivity contribution is 0.249. The Morgan fingerprint density at radius 2 is 2.17 bits per heavy atom. The number of fused-ring (bicyclic) bond motifs is 1. The number of benzene rings is 1. The van der Waals surface area contributed by atoms with E-state index in [4.69, 9.17) is 10.7 Å². The molecular weight excluding hydrogens is 286 g/mol. The molecule has 23 heavy (non-hydrogen) atoms. The van der Waals surface area contributed by atoms with E-state index in [1.165, 1.54) is 23.6 Å². The molecule has 0 saturated heterocycles. The second kappa shape index (κ2) is 5.49. The van der Waals surface area contributed by atoms with Crippen molar-refractivity contribution in [3.8, 4) is 11.1 Å². The number of aryl methyl sites for hydroxylation is 1. The fourth-order valence-electron chi connectivity index (χ4n) is 3.27. The van der Waals surface area contributed by atoms with Crippen LogP contribution in [-0.2, 0) is 7.05 Å². The SMILES string of the molecule is CCC(N)[C@@H]1N=c2cccc(-c3cnn(C)c3)c2=CN1C1CC1. The van der Waals surface area contributed by atoms with Gasteiger partial charge in [-0.05, 0) is 30.9 Å². The van der Waals surface area contributed by atoms with E-state index in [0.29, 0.717) is 6.04 Å². The first kappa shape index (κ1) is 14.5. The maximum Gasteiger partial charge on any atom is 0.136 e. The summed E-state index contributed by atoms with van der Waals surface area (Å²) in [4.78, 5) is 7.38. The summed E-state index contributed by atoms with van der Waals surface area (Å²) in [5, 5.41) is 6.53. The molecule has 4 rings (SSSR count). The largest absolute Gasteiger partial charge is 0.351 e. The summed E-state index contributed by atoms with van der Waals surface area (Å²) in [5.74, 6) is 0. The van der Waals surface area contributed by atoms with Crippen LogP contribution in [0.1, 0.15) is 26.2 Å². The van der Waals surface area contributed by atoms with Gasteiger partial charge >= 0.3 is 0 Å². The first-order valence-electron chi connectivity index (χ1n) is 8.38. The molecule has 2 N–H and O–H groups in total. The number of nitrogens with two attached hydrogens (primary N) is 1. The van der Waals surface area contributed by atoms with Gasteiger partial charge in [-0.2, -0.15) is 5.10 Å². The van der Waals surface area contributed by atoms with Gasteiger partial charge in [0.15, 0.2) is 0 Å². The number of hydrogen-bond acceptors (Lipinski definition) is 4. The molecule has 0 spiro atoms. The van der Waals surface area contributed by atoms with Gasteiger partial charge in [0, 0.05) is 42.3 Å². The molecular formula is C18H23N5. The van der Waals surface area contributed by atoms with Crippen LogP contribution in [-0.4, -0.2) is 32.9 Å². The Morgan fingerprint density at radius 1 is 1.35 bits per heavy atom. The molecule has 1 unspecified atom stereocenters. The highest BCUT2D eigenvalue weighted by molar-refractivity contribution is 5.64. The fraction of sp³-hybridized carbons (Fsp3) is 0.444. The number of hydrogen-bond donors (Lipinski definition) is 1. The molecule has 120 valence electrons. The van der Waals surface area contributed by atoms with Crippen LogP contribution in [0.3, 0.4) is 0 Å². The van der Waals surface area contributed by atoms with Crippen molar-refractivity contribution < 1.29 is 0 Å². The molecule has 1 aliphatic carbocycles. The van der Waals surface area contributed by atoms with Crippen molar-refractivity contribution in [2.75, 3.05) is 0 Å². The summed E-state index contributed by atoms with van der Waals surface area (Å²) in [6, 6.07) is 6.97. The van der Waals surface area contributed by atoms with Crippen molar-refractivity contribution in [1.29, 1.82) is 0 Å². The Bertz CT molecular complexity index is 833. The lowest BCUT2D eigenvalue weighted by Gasteiger charge is -2.34. The van der Waals surface area contributed by atoms with E-state index in [-0.39, 0.29) is 12.2 Å². The van der Waals surface area contributed by atoms with Gasteiger partial charge in [0.2, 0.25) is 0 Å². The quantitative estimate of drug-likeness (QED) is 0.916. The second-order valence-electron chi connectivity index (χ2n) is 6.56. The highest BCUT2D eigenvalue weighted by Gasteiger charge is 2.35. The topological polar surface area (TPSA) is 59.4 Å². The molecule has 2 aromatic rings. The van der Waals surface area contributed by atoms with Gasteiger partial charge in [-0.25, -0.2) is 0 Å². The van der Waals surface area contributed by atoms with Gasteiger partial charge in [0.25, 0.3) is 0 Å². The van der Waals surface area contributed by atoms with E-state index in [0.717, 1.165) is 17.3 Å². The Morgan fingerprint density at radius 3 is 2.83 bits per heavy atom. The van der Waals surface area contributed by atoms with Gasteiger partial charge < -0.3 is 10.6 Å². The van der Waals surface area contributed by atoms with Gasteiger partial charge in [0.05, 0.1) is 11.6 Å². The molecule has 1 aliphatic heterocycles. The fourth-order valence-corrected chi connectivity index (χ4v) is 3.27. The van der Waals surface area contributed by atoms with E-state index in [1.54, 1.807) is 0 Å². The molecule has 2 atom stereocenters. The molecule has 1 aromatic carbocycles. The lowest BCUT2D eigenvalue weighted by atomic mass is 10.0. The zero-order chi connectivity index (χ0) is 16.0. The van der Waals surface area contributed by atoms with E-state index < -0.39 is 0 Å². The zero-order valence-corrected chi connectivity index (χ0v) is 13.7. The predicted molar refractivity (Wildman–Crippen MR) is 90.8 cm³/mol. The normalized spacial score (nSPS) is 21.3. The number of nitrogens with zero attached hydrogens (tertiary/aromatic N) is 4. The molecule has 1 aromatic heterocycles. The van der Waals surface area contributed by atoms with Crippen LogP contribution < -0.4 is 16.3 Å². The molecule has 5 nitrogen and oxygen atoms in total. The summed E-state index contributed by atoms with van der Waals surface area (Å²) in [6.45, 7) is 2.13. The molecule has 2 heterocycles. The van der Waals surface area contributed by atoms with Crippen LogP contribution in [0.15, 0.2) is 35.6 Å². The first-order chi connectivity index (χ1) is 11.2. The van der Waals surface area contributed by atoms with E-state index in [2.05, 4.69) is 47.5 Å². The molecule has 0 bridgehead atoms. The average Bonchev–Trinajstić information content (AvgIpc) is 3.33. The van der Waals surface area contributed by atoms with Gasteiger partial charge in [0.1, 0.15) is 6.17 Å². The highest BCUT2D eigenvalue weighted by atomic mass is 15.3. The van der Waals surface area contributed by atoms with Crippen LogP contribution in [0.2, 0.25) is 0 Å². The summed E-state index contributed by atoms with van der Waals surface area (Å²) in [7, 11) is 1.94. The molecule has 1 fully saturated rings. The Labute approximate surface area is 136 Å². The summed E-state index contributed by atoms with van der Waals surface area (Å²) in [5.41, 5.74) is 8.66. The summed E-state index contributed by atoms with van der Waals surface area (Å²) in [6.07, 6.45) is 9.71.